The molecule has 0 atom stereocenters. The van der Waals surface area contributed by atoms with Crippen molar-refractivity contribution < 1.29 is 9.47 Å². The van der Waals surface area contributed by atoms with Crippen molar-refractivity contribution in [2.24, 2.45) is 0 Å². The fraction of sp³-hybridized carbons (Fsp3) is 0.353. The second-order valence-corrected chi connectivity index (χ2v) is 5.44. The Balaban J connectivity index is 1.63. The highest BCUT2D eigenvalue weighted by atomic mass is 16.7. The van der Waals surface area contributed by atoms with Gasteiger partial charge < -0.3 is 14.4 Å². The number of aromatic nitrogens is 1. The lowest BCUT2D eigenvalue weighted by molar-refractivity contribution is -0.192. The van der Waals surface area contributed by atoms with Gasteiger partial charge in [0.1, 0.15) is 0 Å². The van der Waals surface area contributed by atoms with Crippen molar-refractivity contribution >= 4 is 5.69 Å². The number of hydrogen-bond acceptors (Lipinski definition) is 4. The van der Waals surface area contributed by atoms with Gasteiger partial charge >= 0.3 is 0 Å². The highest BCUT2D eigenvalue weighted by Crippen LogP contribution is 2.29. The van der Waals surface area contributed by atoms with Crippen molar-refractivity contribution in [3.05, 3.63) is 59.9 Å². The molecule has 110 valence electrons. The molecule has 0 aliphatic carbocycles. The first kappa shape index (κ1) is 14.0. The Morgan fingerprint density at radius 1 is 1.00 bits per heavy atom. The van der Waals surface area contributed by atoms with E-state index in [9.17, 15) is 0 Å². The second kappa shape index (κ2) is 6.24. The average Bonchev–Trinajstić information content (AvgIpc) is 2.56. The zero-order chi connectivity index (χ0) is 14.7. The lowest BCUT2D eigenvalue weighted by Gasteiger charge is -2.29. The molecule has 4 nitrogen and oxygen atoms in total. The highest BCUT2D eigenvalue weighted by Gasteiger charge is 2.25. The molecule has 0 N–H and O–H groups in total. The van der Waals surface area contributed by atoms with Crippen LogP contribution in [0.15, 0.2) is 48.7 Å². The number of pyridine rings is 1. The minimum absolute atomic E-state index is 0.212. The zero-order valence-electron chi connectivity index (χ0n) is 12.4. The summed E-state index contributed by atoms with van der Waals surface area (Å²) in [7, 11) is 4.06. The monoisotopic (exact) mass is 284 g/mol. The summed E-state index contributed by atoms with van der Waals surface area (Å²) in [5.41, 5.74) is 3.25. The van der Waals surface area contributed by atoms with Crippen LogP contribution in [-0.2, 0) is 9.47 Å². The molecule has 1 aliphatic heterocycles. The van der Waals surface area contributed by atoms with Gasteiger partial charge in [-0.15, -0.1) is 0 Å². The fourth-order valence-electron chi connectivity index (χ4n) is 2.41. The van der Waals surface area contributed by atoms with Crippen molar-refractivity contribution in [1.29, 1.82) is 0 Å². The van der Waals surface area contributed by atoms with E-state index in [2.05, 4.69) is 34.1 Å². The van der Waals surface area contributed by atoms with Crippen molar-refractivity contribution in [2.75, 3.05) is 32.2 Å². The molecule has 1 aromatic carbocycles. The van der Waals surface area contributed by atoms with Crippen LogP contribution in [0.5, 0.6) is 0 Å². The molecule has 1 aliphatic rings. The van der Waals surface area contributed by atoms with Crippen molar-refractivity contribution in [3.63, 3.8) is 0 Å². The molecule has 3 rings (SSSR count). The molecule has 0 radical (unpaired) electrons. The average molecular weight is 284 g/mol. The van der Waals surface area contributed by atoms with E-state index in [0.717, 1.165) is 11.3 Å². The Kier molecular flexibility index (Phi) is 4.18. The van der Waals surface area contributed by atoms with Crippen molar-refractivity contribution in [1.82, 2.24) is 4.98 Å². The van der Waals surface area contributed by atoms with Crippen LogP contribution >= 0.6 is 0 Å². The maximum Gasteiger partial charge on any atom is 0.183 e. The van der Waals surface area contributed by atoms with Gasteiger partial charge in [0.05, 0.1) is 13.2 Å². The maximum absolute atomic E-state index is 5.86. The largest absolute Gasteiger partial charge is 0.378 e. The maximum atomic E-state index is 5.86. The quantitative estimate of drug-likeness (QED) is 0.868. The number of rotatable bonds is 3. The lowest BCUT2D eigenvalue weighted by Crippen LogP contribution is -2.26. The van der Waals surface area contributed by atoms with E-state index >= 15 is 0 Å². The van der Waals surface area contributed by atoms with Gasteiger partial charge in [0, 0.05) is 43.2 Å². The summed E-state index contributed by atoms with van der Waals surface area (Å²) in [4.78, 5) is 6.44. The van der Waals surface area contributed by atoms with Gasteiger partial charge in [0.15, 0.2) is 6.29 Å². The highest BCUT2D eigenvalue weighted by molar-refractivity contribution is 5.46. The molecule has 1 aromatic heterocycles. The van der Waals surface area contributed by atoms with Crippen LogP contribution in [0.2, 0.25) is 0 Å². The summed E-state index contributed by atoms with van der Waals surface area (Å²) in [5, 5.41) is 0. The Labute approximate surface area is 125 Å². The predicted octanol–water partition coefficient (Wildman–Crippen LogP) is 2.98. The zero-order valence-corrected chi connectivity index (χ0v) is 12.4. The molecule has 0 spiro atoms. The molecular weight excluding hydrogens is 264 g/mol. The van der Waals surface area contributed by atoms with Gasteiger partial charge in [0.2, 0.25) is 0 Å². The Bertz CT molecular complexity index is 561. The minimum Gasteiger partial charge on any atom is -0.378 e. The van der Waals surface area contributed by atoms with E-state index in [1.54, 1.807) is 6.20 Å². The number of anilines is 1. The minimum atomic E-state index is -0.277. The molecule has 21 heavy (non-hydrogen) atoms. The first-order valence-corrected chi connectivity index (χ1v) is 7.15. The van der Waals surface area contributed by atoms with Gasteiger partial charge in [-0.1, -0.05) is 18.2 Å². The predicted molar refractivity (Wildman–Crippen MR) is 82.4 cm³/mol. The third-order valence-electron chi connectivity index (χ3n) is 3.69. The molecule has 0 bridgehead atoms. The van der Waals surface area contributed by atoms with Crippen LogP contribution < -0.4 is 4.90 Å². The van der Waals surface area contributed by atoms with Crippen LogP contribution in [0.4, 0.5) is 5.69 Å². The van der Waals surface area contributed by atoms with E-state index in [4.69, 9.17) is 9.47 Å². The van der Waals surface area contributed by atoms with Crippen molar-refractivity contribution in [3.8, 4) is 0 Å². The number of ether oxygens (including phenoxy) is 2. The third-order valence-corrected chi connectivity index (χ3v) is 3.69. The molecule has 4 heteroatoms. The van der Waals surface area contributed by atoms with Crippen LogP contribution in [0, 0.1) is 0 Å². The summed E-state index contributed by atoms with van der Waals surface area (Å²) < 4.78 is 11.7. The van der Waals surface area contributed by atoms with E-state index in [-0.39, 0.29) is 12.2 Å². The normalized spacial score (nSPS) is 22.0. The molecule has 0 saturated carbocycles. The first-order valence-electron chi connectivity index (χ1n) is 7.15. The SMILES string of the molecule is CN(C)c1ccc(C2OCC(c3ccccn3)CO2)cc1. The molecule has 2 heterocycles. The summed E-state index contributed by atoms with van der Waals surface area (Å²) >= 11 is 0. The van der Waals surface area contributed by atoms with E-state index in [1.165, 1.54) is 5.69 Å². The Morgan fingerprint density at radius 3 is 2.29 bits per heavy atom. The van der Waals surface area contributed by atoms with Crippen LogP contribution in [0.25, 0.3) is 0 Å². The van der Waals surface area contributed by atoms with Crippen LogP contribution in [-0.4, -0.2) is 32.3 Å². The lowest BCUT2D eigenvalue weighted by atomic mass is 10.1. The summed E-state index contributed by atoms with van der Waals surface area (Å²) in [6.07, 6.45) is 1.53. The Hall–Kier alpha value is -1.91. The van der Waals surface area contributed by atoms with E-state index < -0.39 is 0 Å². The fourth-order valence-corrected chi connectivity index (χ4v) is 2.41. The molecule has 2 aromatic rings. The molecule has 0 amide bonds. The number of benzene rings is 1. The first-order chi connectivity index (χ1) is 10.2. The van der Waals surface area contributed by atoms with Gasteiger partial charge in [-0.25, -0.2) is 0 Å². The van der Waals surface area contributed by atoms with Gasteiger partial charge in [-0.2, -0.15) is 0 Å². The number of nitrogens with zero attached hydrogens (tertiary/aromatic N) is 2. The molecular formula is C17H20N2O2. The topological polar surface area (TPSA) is 34.6 Å². The van der Waals surface area contributed by atoms with Gasteiger partial charge in [-0.05, 0) is 24.3 Å². The molecule has 1 fully saturated rings. The van der Waals surface area contributed by atoms with Crippen LogP contribution in [0.3, 0.4) is 0 Å². The summed E-state index contributed by atoms with van der Waals surface area (Å²) in [5.74, 6) is 0.212. The summed E-state index contributed by atoms with van der Waals surface area (Å²) in [6.45, 7) is 1.27. The molecule has 1 saturated heterocycles. The number of hydrogen-bond donors (Lipinski definition) is 0. The smallest absolute Gasteiger partial charge is 0.183 e. The standard InChI is InChI=1S/C17H20N2O2/c1-19(2)15-8-6-13(7-9-15)17-20-11-14(12-21-17)16-5-3-4-10-18-16/h3-10,14,17H,11-12H2,1-2H3. The van der Waals surface area contributed by atoms with E-state index in [0.29, 0.717) is 13.2 Å². The Morgan fingerprint density at radius 2 is 1.71 bits per heavy atom. The van der Waals surface area contributed by atoms with E-state index in [1.807, 2.05) is 32.3 Å². The van der Waals surface area contributed by atoms with Gasteiger partial charge in [-0.3, -0.25) is 4.98 Å². The van der Waals surface area contributed by atoms with Gasteiger partial charge in [0.25, 0.3) is 0 Å². The summed E-state index contributed by atoms with van der Waals surface area (Å²) in [6, 6.07) is 14.2. The molecule has 0 unspecified atom stereocenters. The second-order valence-electron chi connectivity index (χ2n) is 5.44. The van der Waals surface area contributed by atoms with Crippen LogP contribution in [0.1, 0.15) is 23.5 Å². The third kappa shape index (κ3) is 3.23. The van der Waals surface area contributed by atoms with Crippen molar-refractivity contribution in [2.45, 2.75) is 12.2 Å².